The van der Waals surface area contributed by atoms with E-state index in [1.54, 1.807) is 11.3 Å². The van der Waals surface area contributed by atoms with Crippen LogP contribution in [0.2, 0.25) is 0 Å². The van der Waals surface area contributed by atoms with Crippen LogP contribution in [0.3, 0.4) is 0 Å². The van der Waals surface area contributed by atoms with E-state index in [1.807, 2.05) is 0 Å². The zero-order valence-corrected chi connectivity index (χ0v) is 13.0. The summed E-state index contributed by atoms with van der Waals surface area (Å²) in [4.78, 5) is 6.02. The molecular formula is C16H22N2S. The molecule has 1 heterocycles. The van der Waals surface area contributed by atoms with Crippen molar-refractivity contribution >= 4 is 11.3 Å². The van der Waals surface area contributed by atoms with Gasteiger partial charge in [-0.15, -0.1) is 11.3 Å². The summed E-state index contributed by atoms with van der Waals surface area (Å²) < 4.78 is 0. The van der Waals surface area contributed by atoms with Crippen LogP contribution in [0.25, 0.3) is 0 Å². The lowest BCUT2D eigenvalue weighted by Crippen LogP contribution is -2.08. The molecule has 0 fully saturated rings. The molecule has 102 valence electrons. The van der Waals surface area contributed by atoms with E-state index >= 15 is 0 Å². The molecule has 2 rings (SSSR count). The summed E-state index contributed by atoms with van der Waals surface area (Å²) in [5.74, 6) is 0.359. The highest BCUT2D eigenvalue weighted by Crippen LogP contribution is 2.26. The van der Waals surface area contributed by atoms with E-state index in [0.717, 1.165) is 12.1 Å². The third-order valence-electron chi connectivity index (χ3n) is 3.62. The average molecular weight is 274 g/mol. The van der Waals surface area contributed by atoms with Crippen LogP contribution < -0.4 is 5.73 Å². The molecule has 19 heavy (non-hydrogen) atoms. The maximum Gasteiger partial charge on any atom is 0.0971 e. The van der Waals surface area contributed by atoms with Gasteiger partial charge >= 0.3 is 0 Å². The molecule has 1 aromatic heterocycles. The smallest absolute Gasteiger partial charge is 0.0971 e. The van der Waals surface area contributed by atoms with Gasteiger partial charge in [0.25, 0.3) is 0 Å². The third kappa shape index (κ3) is 3.23. The van der Waals surface area contributed by atoms with Crippen molar-refractivity contribution < 1.29 is 0 Å². The molecule has 0 aliphatic carbocycles. The van der Waals surface area contributed by atoms with Crippen molar-refractivity contribution in [3.63, 3.8) is 0 Å². The molecular weight excluding hydrogens is 252 g/mol. The molecule has 2 nitrogen and oxygen atoms in total. The summed E-state index contributed by atoms with van der Waals surface area (Å²) in [6.45, 7) is 9.21. The van der Waals surface area contributed by atoms with Crippen molar-refractivity contribution in [3.05, 3.63) is 50.5 Å². The molecule has 1 atom stereocenters. The minimum atomic E-state index is 0.359. The molecule has 0 bridgehead atoms. The summed E-state index contributed by atoms with van der Waals surface area (Å²) in [6.07, 6.45) is 0.974. The normalized spacial score (nSPS) is 12.7. The van der Waals surface area contributed by atoms with Gasteiger partial charge < -0.3 is 5.73 Å². The zero-order chi connectivity index (χ0) is 14.0. The Hall–Kier alpha value is -1.19. The van der Waals surface area contributed by atoms with E-state index in [0.29, 0.717) is 12.5 Å². The first-order valence-corrected chi connectivity index (χ1v) is 7.55. The van der Waals surface area contributed by atoms with Crippen molar-refractivity contribution in [2.75, 3.05) is 6.54 Å². The number of rotatable bonds is 4. The van der Waals surface area contributed by atoms with Gasteiger partial charge in [0.2, 0.25) is 0 Å². The third-order valence-corrected chi connectivity index (χ3v) is 5.01. The second-order valence-corrected chi connectivity index (χ2v) is 6.41. The van der Waals surface area contributed by atoms with Gasteiger partial charge in [-0.05, 0) is 37.5 Å². The van der Waals surface area contributed by atoms with Gasteiger partial charge in [-0.2, -0.15) is 0 Å². The molecule has 0 aliphatic rings. The number of benzene rings is 1. The Labute approximate surface area is 119 Å². The quantitative estimate of drug-likeness (QED) is 0.923. The van der Waals surface area contributed by atoms with Crippen LogP contribution in [0.1, 0.15) is 45.1 Å². The Kier molecular flexibility index (Phi) is 4.38. The van der Waals surface area contributed by atoms with E-state index < -0.39 is 0 Å². The van der Waals surface area contributed by atoms with Crippen molar-refractivity contribution in [3.8, 4) is 0 Å². The monoisotopic (exact) mass is 274 g/mol. The number of hydrogen-bond acceptors (Lipinski definition) is 3. The Balaban J connectivity index is 2.23. The minimum Gasteiger partial charge on any atom is -0.330 e. The maximum absolute atomic E-state index is 5.72. The molecule has 2 N–H and O–H groups in total. The van der Waals surface area contributed by atoms with Gasteiger partial charge in [-0.25, -0.2) is 4.98 Å². The lowest BCUT2D eigenvalue weighted by atomic mass is 10.0. The summed E-state index contributed by atoms with van der Waals surface area (Å²) in [5, 5.41) is 1.17. The number of nitrogens with zero attached hydrogens (tertiary/aromatic N) is 1. The van der Waals surface area contributed by atoms with Gasteiger partial charge in [-0.1, -0.05) is 25.1 Å². The van der Waals surface area contributed by atoms with Crippen molar-refractivity contribution in [2.45, 2.75) is 40.0 Å². The van der Waals surface area contributed by atoms with Gasteiger partial charge in [0, 0.05) is 23.8 Å². The van der Waals surface area contributed by atoms with Gasteiger partial charge in [-0.3, -0.25) is 0 Å². The van der Waals surface area contributed by atoms with Crippen LogP contribution in [-0.2, 0) is 6.42 Å². The fourth-order valence-electron chi connectivity index (χ4n) is 2.03. The number of aryl methyl sites for hydroxylation is 3. The fourth-order valence-corrected chi connectivity index (χ4v) is 3.19. The zero-order valence-electron chi connectivity index (χ0n) is 12.2. The van der Waals surface area contributed by atoms with Crippen molar-refractivity contribution in [1.29, 1.82) is 0 Å². The molecule has 1 aromatic carbocycles. The first kappa shape index (κ1) is 14.2. The summed E-state index contributed by atoms with van der Waals surface area (Å²) in [7, 11) is 0. The van der Waals surface area contributed by atoms with Crippen molar-refractivity contribution in [1.82, 2.24) is 4.98 Å². The standard InChI is InChI=1S/C16H22N2S/c1-10-5-6-14(7-11(10)2)8-15-13(4)18-16(19-15)12(3)9-17/h5-7,12H,8-9,17H2,1-4H3. The molecule has 0 aliphatic heterocycles. The van der Waals surface area contributed by atoms with Crippen molar-refractivity contribution in [2.24, 2.45) is 5.73 Å². The second kappa shape index (κ2) is 5.85. The van der Waals surface area contributed by atoms with E-state index in [2.05, 4.69) is 50.9 Å². The molecule has 2 aromatic rings. The number of hydrogen-bond donors (Lipinski definition) is 1. The topological polar surface area (TPSA) is 38.9 Å². The van der Waals surface area contributed by atoms with Gasteiger partial charge in [0.15, 0.2) is 0 Å². The minimum absolute atomic E-state index is 0.359. The number of thiazole rings is 1. The van der Waals surface area contributed by atoms with Crippen LogP contribution in [0.5, 0.6) is 0 Å². The first-order chi connectivity index (χ1) is 9.01. The lowest BCUT2D eigenvalue weighted by Gasteiger charge is -2.04. The first-order valence-electron chi connectivity index (χ1n) is 6.73. The van der Waals surface area contributed by atoms with Gasteiger partial charge in [0.1, 0.15) is 0 Å². The predicted octanol–water partition coefficient (Wildman–Crippen LogP) is 3.72. The highest BCUT2D eigenvalue weighted by molar-refractivity contribution is 7.11. The lowest BCUT2D eigenvalue weighted by molar-refractivity contribution is 0.763. The van der Waals surface area contributed by atoms with Gasteiger partial charge in [0.05, 0.1) is 10.7 Å². The summed E-state index contributed by atoms with van der Waals surface area (Å²) >= 11 is 1.81. The number of aromatic nitrogens is 1. The Bertz CT molecular complexity index is 572. The Morgan fingerprint density at radius 3 is 2.58 bits per heavy atom. The van der Waals surface area contributed by atoms with E-state index in [4.69, 9.17) is 5.73 Å². The predicted molar refractivity (Wildman–Crippen MR) is 83.0 cm³/mol. The highest BCUT2D eigenvalue weighted by Gasteiger charge is 2.13. The Morgan fingerprint density at radius 2 is 1.95 bits per heavy atom. The molecule has 3 heteroatoms. The fraction of sp³-hybridized carbons (Fsp3) is 0.438. The highest BCUT2D eigenvalue weighted by atomic mass is 32.1. The SMILES string of the molecule is Cc1ccc(Cc2sc(C(C)CN)nc2C)cc1C. The molecule has 0 amide bonds. The van der Waals surface area contributed by atoms with E-state index in [-0.39, 0.29) is 0 Å². The Morgan fingerprint density at radius 1 is 1.21 bits per heavy atom. The molecule has 0 radical (unpaired) electrons. The summed E-state index contributed by atoms with van der Waals surface area (Å²) in [5.41, 5.74) is 10.9. The van der Waals surface area contributed by atoms with E-state index in [1.165, 1.54) is 26.6 Å². The van der Waals surface area contributed by atoms with Crippen LogP contribution in [-0.4, -0.2) is 11.5 Å². The van der Waals surface area contributed by atoms with Crippen LogP contribution in [0.15, 0.2) is 18.2 Å². The molecule has 1 unspecified atom stereocenters. The largest absolute Gasteiger partial charge is 0.330 e. The van der Waals surface area contributed by atoms with Crippen LogP contribution in [0, 0.1) is 20.8 Å². The number of nitrogens with two attached hydrogens (primary N) is 1. The average Bonchev–Trinajstić information content (AvgIpc) is 2.74. The van der Waals surface area contributed by atoms with Crippen LogP contribution >= 0.6 is 11.3 Å². The second-order valence-electron chi connectivity index (χ2n) is 5.29. The molecule has 0 saturated heterocycles. The molecule has 0 saturated carbocycles. The maximum atomic E-state index is 5.72. The summed E-state index contributed by atoms with van der Waals surface area (Å²) in [6, 6.07) is 6.69. The van der Waals surface area contributed by atoms with Crippen LogP contribution in [0.4, 0.5) is 0 Å². The molecule has 0 spiro atoms. The van der Waals surface area contributed by atoms with E-state index in [9.17, 15) is 0 Å².